The number of carbonyl (C=O) groups excluding carboxylic acids is 1. The molecule has 0 saturated carbocycles. The van der Waals surface area contributed by atoms with Crippen LogP contribution in [0.5, 0.6) is 0 Å². The number of amides is 2. The first kappa shape index (κ1) is 21.4. The Morgan fingerprint density at radius 1 is 1.18 bits per heavy atom. The molecular formula is C19H25N5O3S. The quantitative estimate of drug-likeness (QED) is 0.306. The van der Waals surface area contributed by atoms with Crippen molar-refractivity contribution >= 4 is 27.4 Å². The fourth-order valence-corrected chi connectivity index (χ4v) is 3.64. The Bertz CT molecular complexity index is 945. The predicted molar refractivity (Wildman–Crippen MR) is 111 cm³/mol. The highest BCUT2D eigenvalue weighted by atomic mass is 32.2. The van der Waals surface area contributed by atoms with Crippen molar-refractivity contribution in [2.75, 3.05) is 24.7 Å². The van der Waals surface area contributed by atoms with E-state index in [0.29, 0.717) is 17.8 Å². The Labute approximate surface area is 165 Å². The molecule has 0 spiro atoms. The van der Waals surface area contributed by atoms with Crippen molar-refractivity contribution in [3.63, 3.8) is 0 Å². The molecule has 2 aromatic rings. The van der Waals surface area contributed by atoms with Crippen LogP contribution in [-0.2, 0) is 9.84 Å². The number of nitrogens with one attached hydrogen (secondary N) is 3. The van der Waals surface area contributed by atoms with E-state index in [-0.39, 0.29) is 17.3 Å². The molecule has 0 bridgehead atoms. The third-order valence-corrected chi connectivity index (χ3v) is 4.97. The molecule has 0 atom stereocenters. The normalized spacial score (nSPS) is 11.2. The summed E-state index contributed by atoms with van der Waals surface area (Å²) in [5, 5.41) is 11.5. The number of hydrazine groups is 1. The van der Waals surface area contributed by atoms with Gasteiger partial charge in [0, 0.05) is 24.1 Å². The minimum absolute atomic E-state index is 0.0691. The molecule has 0 radical (unpaired) electrons. The van der Waals surface area contributed by atoms with Gasteiger partial charge in [0.15, 0.2) is 9.84 Å². The van der Waals surface area contributed by atoms with Crippen LogP contribution in [0.4, 0.5) is 10.5 Å². The fourth-order valence-electron chi connectivity index (χ4n) is 2.72. The monoisotopic (exact) mass is 403 g/mol. The molecule has 0 aliphatic heterocycles. The summed E-state index contributed by atoms with van der Waals surface area (Å²) in [6.45, 7) is 2.56. The van der Waals surface area contributed by atoms with Crippen molar-refractivity contribution in [3.8, 4) is 11.1 Å². The first-order valence-electron chi connectivity index (χ1n) is 8.75. The molecule has 2 aromatic carbocycles. The lowest BCUT2D eigenvalue weighted by Crippen LogP contribution is -2.48. The van der Waals surface area contributed by atoms with E-state index in [2.05, 4.69) is 10.7 Å². The largest absolute Gasteiger partial charge is 0.387 e. The number of hydrogen-bond acceptors (Lipinski definition) is 5. The number of nitrogens with zero attached hydrogens (tertiary/aromatic N) is 1. The number of hydrogen-bond donors (Lipinski definition) is 4. The van der Waals surface area contributed by atoms with Crippen LogP contribution in [0.3, 0.4) is 0 Å². The van der Waals surface area contributed by atoms with Crippen LogP contribution in [0.2, 0.25) is 0 Å². The van der Waals surface area contributed by atoms with Crippen molar-refractivity contribution < 1.29 is 13.2 Å². The van der Waals surface area contributed by atoms with Gasteiger partial charge in [0.1, 0.15) is 5.84 Å². The lowest BCUT2D eigenvalue weighted by atomic mass is 10.1. The zero-order valence-electron chi connectivity index (χ0n) is 15.9. The Hall–Kier alpha value is -2.91. The van der Waals surface area contributed by atoms with E-state index in [1.165, 1.54) is 11.1 Å². The highest BCUT2D eigenvalue weighted by Gasteiger charge is 2.17. The van der Waals surface area contributed by atoms with Gasteiger partial charge in [-0.2, -0.15) is 0 Å². The molecule has 0 aliphatic carbocycles. The first-order chi connectivity index (χ1) is 13.2. The van der Waals surface area contributed by atoms with E-state index in [1.807, 2.05) is 37.3 Å². The molecule has 8 nitrogen and oxygen atoms in total. The number of anilines is 1. The standard InChI is InChI=1S/C19H25N5O3S/c1-3-11-24(13-18(20)21)23-19(25)22-15-9-10-16(14-7-5-4-6-8-14)17(12-15)28(2,26)27/h4-10,12H,3,11,13H2,1-2H3,(H3,20,21)(H2,22,23,25). The molecule has 0 unspecified atom stereocenters. The third-order valence-electron chi connectivity index (χ3n) is 3.84. The predicted octanol–water partition coefficient (Wildman–Crippen LogP) is 2.44. The zero-order valence-corrected chi connectivity index (χ0v) is 16.7. The van der Waals surface area contributed by atoms with Gasteiger partial charge in [-0.15, -0.1) is 0 Å². The number of benzene rings is 2. The van der Waals surface area contributed by atoms with Crippen LogP contribution in [0.15, 0.2) is 53.4 Å². The number of urea groups is 1. The molecule has 2 rings (SSSR count). The Morgan fingerprint density at radius 2 is 1.86 bits per heavy atom. The molecule has 0 aliphatic rings. The number of carbonyl (C=O) groups is 1. The van der Waals surface area contributed by atoms with Gasteiger partial charge < -0.3 is 11.1 Å². The average molecular weight is 404 g/mol. The van der Waals surface area contributed by atoms with Gasteiger partial charge in [-0.05, 0) is 24.1 Å². The maximum Gasteiger partial charge on any atom is 0.333 e. The van der Waals surface area contributed by atoms with Gasteiger partial charge >= 0.3 is 6.03 Å². The number of nitrogens with two attached hydrogens (primary N) is 1. The number of sulfone groups is 1. The molecule has 150 valence electrons. The van der Waals surface area contributed by atoms with Crippen molar-refractivity contribution in [2.45, 2.75) is 18.2 Å². The third kappa shape index (κ3) is 6.07. The maximum atomic E-state index is 12.3. The molecule has 0 saturated heterocycles. The van der Waals surface area contributed by atoms with Crippen LogP contribution in [0, 0.1) is 5.41 Å². The van der Waals surface area contributed by atoms with Gasteiger partial charge in [-0.25, -0.2) is 18.2 Å². The van der Waals surface area contributed by atoms with Gasteiger partial charge in [-0.3, -0.25) is 10.8 Å². The van der Waals surface area contributed by atoms with E-state index in [0.717, 1.165) is 18.2 Å². The van der Waals surface area contributed by atoms with Crippen molar-refractivity contribution in [3.05, 3.63) is 48.5 Å². The van der Waals surface area contributed by atoms with Crippen LogP contribution in [-0.4, -0.2) is 44.6 Å². The Balaban J connectivity index is 2.25. The summed E-state index contributed by atoms with van der Waals surface area (Å²) >= 11 is 0. The molecule has 0 fully saturated rings. The van der Waals surface area contributed by atoms with E-state index < -0.39 is 15.9 Å². The van der Waals surface area contributed by atoms with Crippen LogP contribution >= 0.6 is 0 Å². The van der Waals surface area contributed by atoms with Crippen LogP contribution < -0.4 is 16.5 Å². The van der Waals surface area contributed by atoms with Crippen LogP contribution in [0.25, 0.3) is 11.1 Å². The smallest absolute Gasteiger partial charge is 0.333 e. The van der Waals surface area contributed by atoms with Gasteiger partial charge in [0.05, 0.1) is 11.4 Å². The van der Waals surface area contributed by atoms with Gasteiger partial charge in [-0.1, -0.05) is 43.3 Å². The zero-order chi connectivity index (χ0) is 20.7. The van der Waals surface area contributed by atoms with Crippen molar-refractivity contribution in [1.29, 1.82) is 5.41 Å². The van der Waals surface area contributed by atoms with Crippen molar-refractivity contribution in [1.82, 2.24) is 10.4 Å². The summed E-state index contributed by atoms with van der Waals surface area (Å²) in [6, 6.07) is 13.4. The Kier molecular flexibility index (Phi) is 7.13. The lowest BCUT2D eigenvalue weighted by Gasteiger charge is -2.22. The highest BCUT2D eigenvalue weighted by molar-refractivity contribution is 7.90. The van der Waals surface area contributed by atoms with Gasteiger partial charge in [0.2, 0.25) is 0 Å². The molecule has 0 heterocycles. The minimum Gasteiger partial charge on any atom is -0.387 e. The number of amidine groups is 1. The summed E-state index contributed by atoms with van der Waals surface area (Å²) in [5.74, 6) is -0.0691. The molecule has 0 aromatic heterocycles. The van der Waals surface area contributed by atoms with E-state index in [4.69, 9.17) is 11.1 Å². The van der Waals surface area contributed by atoms with E-state index >= 15 is 0 Å². The summed E-state index contributed by atoms with van der Waals surface area (Å²) in [4.78, 5) is 12.4. The SMILES string of the molecule is CCCN(CC(=N)N)NC(=O)Nc1ccc(-c2ccccc2)c(S(C)(=O)=O)c1. The van der Waals surface area contributed by atoms with Gasteiger partial charge in [0.25, 0.3) is 0 Å². The fraction of sp³-hybridized carbons (Fsp3) is 0.263. The minimum atomic E-state index is -3.51. The topological polar surface area (TPSA) is 128 Å². The van der Waals surface area contributed by atoms with E-state index in [1.54, 1.807) is 12.1 Å². The lowest BCUT2D eigenvalue weighted by molar-refractivity contribution is 0.200. The number of rotatable bonds is 8. The molecule has 9 heteroatoms. The molecule has 5 N–H and O–H groups in total. The van der Waals surface area contributed by atoms with E-state index in [9.17, 15) is 13.2 Å². The van der Waals surface area contributed by atoms with Crippen LogP contribution in [0.1, 0.15) is 13.3 Å². The average Bonchev–Trinajstić information content (AvgIpc) is 2.61. The summed E-state index contributed by atoms with van der Waals surface area (Å²) in [5.41, 5.74) is 9.69. The molecule has 2 amide bonds. The van der Waals surface area contributed by atoms with Crippen molar-refractivity contribution in [2.24, 2.45) is 5.73 Å². The molecule has 28 heavy (non-hydrogen) atoms. The second-order valence-electron chi connectivity index (χ2n) is 6.36. The maximum absolute atomic E-state index is 12.3. The second-order valence-corrected chi connectivity index (χ2v) is 8.35. The second kappa shape index (κ2) is 9.34. The Morgan fingerprint density at radius 3 is 2.43 bits per heavy atom. The highest BCUT2D eigenvalue weighted by Crippen LogP contribution is 2.29. The summed E-state index contributed by atoms with van der Waals surface area (Å²) < 4.78 is 24.6. The molecular weight excluding hydrogens is 378 g/mol. The first-order valence-corrected chi connectivity index (χ1v) is 10.6. The summed E-state index contributed by atoms with van der Waals surface area (Å²) in [6.07, 6.45) is 1.89. The summed E-state index contributed by atoms with van der Waals surface area (Å²) in [7, 11) is -3.51.